The molecule has 0 spiro atoms. The molecule has 0 bridgehead atoms. The molecule has 1 atom stereocenters. The molecule has 1 unspecified atom stereocenters. The SMILES string of the molecule is Cc1cc2c(s1)Nc1ccccc1N=C2[AsH2]. The van der Waals surface area contributed by atoms with Gasteiger partial charge in [0.15, 0.2) is 0 Å². The summed E-state index contributed by atoms with van der Waals surface area (Å²) in [6.07, 6.45) is 0. The Hall–Kier alpha value is -1.05. The first-order valence-corrected chi connectivity index (χ1v) is 7.08. The number of benzene rings is 1. The van der Waals surface area contributed by atoms with Gasteiger partial charge in [-0.15, -0.1) is 0 Å². The van der Waals surface area contributed by atoms with Gasteiger partial charge in [-0.1, -0.05) is 0 Å². The number of nitrogens with one attached hydrogen (secondary N) is 1. The van der Waals surface area contributed by atoms with Crippen molar-refractivity contribution in [2.45, 2.75) is 6.92 Å². The van der Waals surface area contributed by atoms with Crippen molar-refractivity contribution in [1.29, 1.82) is 0 Å². The van der Waals surface area contributed by atoms with Gasteiger partial charge in [-0.25, -0.2) is 0 Å². The molecule has 1 aliphatic rings. The Morgan fingerprint density at radius 1 is 1.31 bits per heavy atom. The third kappa shape index (κ3) is 1.60. The number of thiophene rings is 1. The summed E-state index contributed by atoms with van der Waals surface area (Å²) in [7, 11) is 0. The van der Waals surface area contributed by atoms with Crippen molar-refractivity contribution in [3.8, 4) is 0 Å². The monoisotopic (exact) mass is 290 g/mol. The summed E-state index contributed by atoms with van der Waals surface area (Å²) in [6, 6.07) is 10.4. The summed E-state index contributed by atoms with van der Waals surface area (Å²) in [5.41, 5.74) is 3.37. The number of aliphatic imine (C=N–C) groups is 1. The van der Waals surface area contributed by atoms with Crippen molar-refractivity contribution < 1.29 is 0 Å². The zero-order valence-electron chi connectivity index (χ0n) is 8.82. The predicted octanol–water partition coefficient (Wildman–Crippen LogP) is 2.82. The van der Waals surface area contributed by atoms with Crippen molar-refractivity contribution >= 4 is 49.1 Å². The van der Waals surface area contributed by atoms with E-state index in [2.05, 4.69) is 29.4 Å². The normalized spacial score (nSPS) is 13.2. The van der Waals surface area contributed by atoms with E-state index in [0.29, 0.717) is 0 Å². The third-order valence-electron chi connectivity index (χ3n) is 2.52. The Balaban J connectivity index is 2.24. The predicted molar refractivity (Wildman–Crippen MR) is 73.5 cm³/mol. The van der Waals surface area contributed by atoms with Crippen molar-refractivity contribution in [2.75, 3.05) is 5.32 Å². The molecule has 1 aromatic carbocycles. The maximum atomic E-state index is 4.68. The molecule has 1 N–H and O–H groups in total. The molecule has 4 heteroatoms. The van der Waals surface area contributed by atoms with Crippen LogP contribution in [-0.4, -0.2) is 21.4 Å². The van der Waals surface area contributed by atoms with Crippen LogP contribution < -0.4 is 5.32 Å². The van der Waals surface area contributed by atoms with Gasteiger partial charge in [-0.05, 0) is 0 Å². The summed E-state index contributed by atoms with van der Waals surface area (Å²) >= 11 is 3.36. The van der Waals surface area contributed by atoms with Gasteiger partial charge in [-0.3, -0.25) is 0 Å². The van der Waals surface area contributed by atoms with Crippen LogP contribution in [0.1, 0.15) is 10.4 Å². The fourth-order valence-electron chi connectivity index (χ4n) is 1.79. The Morgan fingerprint density at radius 2 is 2.12 bits per heavy atom. The number of rotatable bonds is 0. The average Bonchev–Trinajstić information content (AvgIpc) is 2.57. The van der Waals surface area contributed by atoms with Crippen LogP contribution in [0.5, 0.6) is 0 Å². The van der Waals surface area contributed by atoms with Crippen LogP contribution in [0, 0.1) is 6.92 Å². The van der Waals surface area contributed by atoms with Gasteiger partial charge in [0.2, 0.25) is 0 Å². The fraction of sp³-hybridized carbons (Fsp3) is 0.0833. The average molecular weight is 290 g/mol. The molecule has 1 aromatic heterocycles. The molecule has 3 rings (SSSR count). The van der Waals surface area contributed by atoms with Gasteiger partial charge in [0.05, 0.1) is 0 Å². The quantitative estimate of drug-likeness (QED) is 0.741. The molecular formula is C12H11AsN2S. The van der Waals surface area contributed by atoms with Gasteiger partial charge in [-0.2, -0.15) is 0 Å². The van der Waals surface area contributed by atoms with Gasteiger partial charge in [0.25, 0.3) is 0 Å². The van der Waals surface area contributed by atoms with Crippen LogP contribution in [0.25, 0.3) is 0 Å². The molecule has 2 nitrogen and oxygen atoms in total. The first kappa shape index (κ1) is 10.1. The van der Waals surface area contributed by atoms with Gasteiger partial charge in [0.1, 0.15) is 0 Å². The second-order valence-corrected chi connectivity index (χ2v) is 6.14. The minimum absolute atomic E-state index is 1.03. The number of para-hydroxylation sites is 2. The van der Waals surface area contributed by atoms with E-state index in [1.54, 1.807) is 28.2 Å². The Labute approximate surface area is 107 Å². The van der Waals surface area contributed by atoms with Crippen molar-refractivity contribution in [1.82, 2.24) is 0 Å². The number of hydrogen-bond acceptors (Lipinski definition) is 3. The van der Waals surface area contributed by atoms with E-state index >= 15 is 0 Å². The molecule has 16 heavy (non-hydrogen) atoms. The van der Waals surface area contributed by atoms with E-state index in [9.17, 15) is 0 Å². The van der Waals surface area contributed by atoms with Gasteiger partial charge < -0.3 is 0 Å². The van der Waals surface area contributed by atoms with E-state index in [4.69, 9.17) is 0 Å². The molecule has 0 saturated carbocycles. The second kappa shape index (κ2) is 3.76. The van der Waals surface area contributed by atoms with Gasteiger partial charge in [0, 0.05) is 0 Å². The van der Waals surface area contributed by atoms with Crippen LogP contribution in [0.15, 0.2) is 35.3 Å². The summed E-state index contributed by atoms with van der Waals surface area (Å²) < 4.78 is 1.14. The molecule has 2 aromatic rings. The van der Waals surface area contributed by atoms with E-state index in [1.807, 2.05) is 18.2 Å². The molecular weight excluding hydrogens is 279 g/mol. The first-order valence-electron chi connectivity index (χ1n) is 5.05. The van der Waals surface area contributed by atoms with Crippen LogP contribution in [-0.2, 0) is 0 Å². The molecule has 0 saturated heterocycles. The minimum atomic E-state index is 1.03. The van der Waals surface area contributed by atoms with Crippen molar-refractivity contribution in [2.24, 2.45) is 4.99 Å². The van der Waals surface area contributed by atoms with Gasteiger partial charge >= 0.3 is 107 Å². The number of hydrogen-bond donors (Lipinski definition) is 1. The zero-order valence-corrected chi connectivity index (χ0v) is 12.1. The van der Waals surface area contributed by atoms with Crippen LogP contribution in [0.3, 0.4) is 0 Å². The summed E-state index contributed by atoms with van der Waals surface area (Å²) in [5, 5.41) is 4.68. The summed E-state index contributed by atoms with van der Waals surface area (Å²) in [4.78, 5) is 6.00. The molecule has 2 heterocycles. The summed E-state index contributed by atoms with van der Waals surface area (Å²) in [6.45, 7) is 2.13. The van der Waals surface area contributed by atoms with Crippen LogP contribution in [0.2, 0.25) is 0 Å². The van der Waals surface area contributed by atoms with E-state index in [0.717, 1.165) is 15.9 Å². The van der Waals surface area contributed by atoms with E-state index in [1.165, 1.54) is 15.4 Å². The summed E-state index contributed by atoms with van der Waals surface area (Å²) in [5.74, 6) is 0. The molecule has 80 valence electrons. The maximum absolute atomic E-state index is 4.68. The Bertz CT molecular complexity index is 586. The molecule has 0 fully saturated rings. The molecule has 0 aliphatic carbocycles. The van der Waals surface area contributed by atoms with Crippen LogP contribution >= 0.6 is 11.3 Å². The number of nitrogens with zero attached hydrogens (tertiary/aromatic N) is 1. The molecule has 0 radical (unpaired) electrons. The third-order valence-corrected chi connectivity index (χ3v) is 4.41. The van der Waals surface area contributed by atoms with E-state index in [-0.39, 0.29) is 0 Å². The molecule has 0 amide bonds. The number of fused-ring (bicyclic) bond motifs is 2. The van der Waals surface area contributed by atoms with Crippen molar-refractivity contribution in [3.63, 3.8) is 0 Å². The zero-order chi connectivity index (χ0) is 11.1. The van der Waals surface area contributed by atoms with Crippen molar-refractivity contribution in [3.05, 3.63) is 40.8 Å². The second-order valence-electron chi connectivity index (χ2n) is 3.74. The Kier molecular flexibility index (Phi) is 2.38. The number of aryl methyl sites for hydroxylation is 1. The number of anilines is 2. The standard InChI is InChI=1S/C12H11AsN2S/c1-7-6-8-11(13)14-9-4-2-3-5-10(9)15-12(8)16-7/h2-6,15H,13H2,1H3. The Morgan fingerprint density at radius 3 is 3.00 bits per heavy atom. The van der Waals surface area contributed by atoms with E-state index < -0.39 is 0 Å². The topological polar surface area (TPSA) is 24.4 Å². The molecule has 1 aliphatic heterocycles. The van der Waals surface area contributed by atoms with Crippen LogP contribution in [0.4, 0.5) is 16.4 Å². The first-order chi connectivity index (χ1) is 7.74. The fourth-order valence-corrected chi connectivity index (χ4v) is 3.71.